The summed E-state index contributed by atoms with van der Waals surface area (Å²) in [6, 6.07) is 9.38. The average Bonchev–Trinajstić information content (AvgIpc) is 3.01. The second-order valence-electron chi connectivity index (χ2n) is 7.41. The Morgan fingerprint density at radius 2 is 1.89 bits per heavy atom. The number of hydrogen-bond donors (Lipinski definition) is 1. The van der Waals surface area contributed by atoms with Gasteiger partial charge in [-0.25, -0.2) is 4.39 Å². The molecule has 8 heteroatoms. The monoisotopic (exact) mass is 371 g/mol. The first-order chi connectivity index (χ1) is 12.8. The summed E-state index contributed by atoms with van der Waals surface area (Å²) in [6.07, 6.45) is 0.457. The van der Waals surface area contributed by atoms with E-state index in [9.17, 15) is 9.18 Å². The van der Waals surface area contributed by atoms with Crippen molar-refractivity contribution in [1.29, 1.82) is 0 Å². The molecule has 0 bridgehead atoms. The maximum Gasteiger partial charge on any atom is 0.231 e. The Labute approximate surface area is 156 Å². The van der Waals surface area contributed by atoms with Crippen molar-refractivity contribution in [3.63, 3.8) is 0 Å². The van der Waals surface area contributed by atoms with Crippen molar-refractivity contribution >= 4 is 11.6 Å². The summed E-state index contributed by atoms with van der Waals surface area (Å²) in [5, 5.41) is 15.4. The summed E-state index contributed by atoms with van der Waals surface area (Å²) in [4.78, 5) is 11.8. The van der Waals surface area contributed by atoms with Crippen LogP contribution in [0.2, 0.25) is 0 Å². The van der Waals surface area contributed by atoms with Crippen LogP contribution in [0.4, 0.5) is 4.39 Å². The normalized spacial score (nSPS) is 11.6. The number of hydrogen-bond acceptors (Lipinski definition) is 5. The average molecular weight is 371 g/mol. The molecule has 0 aliphatic heterocycles. The van der Waals surface area contributed by atoms with Gasteiger partial charge in [0.15, 0.2) is 11.5 Å². The predicted octanol–water partition coefficient (Wildman–Crippen LogP) is 2.86. The third-order valence-electron chi connectivity index (χ3n) is 3.71. The molecule has 0 aliphatic carbocycles. The van der Waals surface area contributed by atoms with Crippen LogP contribution < -0.4 is 10.1 Å². The van der Waals surface area contributed by atoms with Gasteiger partial charge in [0.2, 0.25) is 11.8 Å². The number of nitrogens with zero attached hydrogens (tertiary/aromatic N) is 4. The Kier molecular flexibility index (Phi) is 5.34. The lowest BCUT2D eigenvalue weighted by Gasteiger charge is -2.17. The Bertz CT molecular complexity index is 931. The minimum Gasteiger partial charge on any atom is -0.475 e. The van der Waals surface area contributed by atoms with Crippen LogP contribution >= 0.6 is 0 Å². The van der Waals surface area contributed by atoms with E-state index in [-0.39, 0.29) is 17.1 Å². The predicted molar refractivity (Wildman–Crippen MR) is 98.8 cm³/mol. The fourth-order valence-corrected chi connectivity index (χ4v) is 2.52. The first-order valence-electron chi connectivity index (χ1n) is 8.70. The fraction of sp³-hybridized carbons (Fsp3) is 0.368. The van der Waals surface area contributed by atoms with Crippen LogP contribution in [0.5, 0.6) is 5.88 Å². The molecule has 7 nitrogen and oxygen atoms in total. The van der Waals surface area contributed by atoms with Crippen LogP contribution in [0.25, 0.3) is 17.0 Å². The van der Waals surface area contributed by atoms with Gasteiger partial charge in [0.05, 0.1) is 6.54 Å². The molecule has 0 aliphatic rings. The van der Waals surface area contributed by atoms with E-state index in [0.717, 1.165) is 0 Å². The number of ether oxygens (including phenoxy) is 1. The molecule has 3 rings (SSSR count). The summed E-state index contributed by atoms with van der Waals surface area (Å²) in [6.45, 7) is 6.73. The Hall–Kier alpha value is -3.03. The molecular weight excluding hydrogens is 349 g/mol. The highest BCUT2D eigenvalue weighted by Gasteiger charge is 2.15. The number of fused-ring (bicyclic) bond motifs is 1. The van der Waals surface area contributed by atoms with Crippen LogP contribution in [0.1, 0.15) is 27.2 Å². The molecule has 2 aromatic heterocycles. The Morgan fingerprint density at radius 1 is 1.15 bits per heavy atom. The summed E-state index contributed by atoms with van der Waals surface area (Å²) in [7, 11) is 0. The van der Waals surface area contributed by atoms with E-state index in [4.69, 9.17) is 4.74 Å². The quantitative estimate of drug-likeness (QED) is 0.674. The fourth-order valence-electron chi connectivity index (χ4n) is 2.52. The number of carbonyl (C=O) groups is 1. The van der Waals surface area contributed by atoms with E-state index in [1.807, 2.05) is 20.8 Å². The van der Waals surface area contributed by atoms with Crippen molar-refractivity contribution in [1.82, 2.24) is 25.1 Å². The van der Waals surface area contributed by atoms with Crippen molar-refractivity contribution in [2.75, 3.05) is 13.2 Å². The molecule has 1 N–H and O–H groups in total. The van der Waals surface area contributed by atoms with Crippen molar-refractivity contribution < 1.29 is 13.9 Å². The number of nitrogens with one attached hydrogen (secondary N) is 1. The van der Waals surface area contributed by atoms with E-state index in [0.29, 0.717) is 42.5 Å². The molecule has 0 spiro atoms. The van der Waals surface area contributed by atoms with Gasteiger partial charge in [0.25, 0.3) is 0 Å². The van der Waals surface area contributed by atoms with Crippen molar-refractivity contribution in [3.05, 3.63) is 42.2 Å². The first-order valence-corrected chi connectivity index (χ1v) is 8.70. The lowest BCUT2D eigenvalue weighted by Crippen LogP contribution is -2.31. The van der Waals surface area contributed by atoms with Gasteiger partial charge in [-0.3, -0.25) is 4.79 Å². The molecule has 0 radical (unpaired) electrons. The standard InChI is InChI=1S/C19H22FN5O2/c1-19(2,3)12-16(26)21-10-11-27-17-9-8-15-22-23-18(25(15)24-17)13-4-6-14(20)7-5-13/h4-9H,10-12H2,1-3H3,(H,21,26). The summed E-state index contributed by atoms with van der Waals surface area (Å²) >= 11 is 0. The number of aromatic nitrogens is 4. The summed E-state index contributed by atoms with van der Waals surface area (Å²) in [5.41, 5.74) is 1.20. The molecule has 0 unspecified atom stereocenters. The molecular formula is C19H22FN5O2. The van der Waals surface area contributed by atoms with E-state index < -0.39 is 0 Å². The molecule has 27 heavy (non-hydrogen) atoms. The second kappa shape index (κ2) is 7.69. The van der Waals surface area contributed by atoms with E-state index in [1.54, 1.807) is 28.8 Å². The van der Waals surface area contributed by atoms with Crippen molar-refractivity contribution in [3.8, 4) is 17.3 Å². The molecule has 2 heterocycles. The first kappa shape index (κ1) is 18.8. The van der Waals surface area contributed by atoms with Gasteiger partial charge in [-0.05, 0) is 35.7 Å². The highest BCUT2D eigenvalue weighted by atomic mass is 19.1. The summed E-state index contributed by atoms with van der Waals surface area (Å²) < 4.78 is 20.3. The topological polar surface area (TPSA) is 81.4 Å². The molecule has 3 aromatic rings. The highest BCUT2D eigenvalue weighted by molar-refractivity contribution is 5.76. The van der Waals surface area contributed by atoms with Crippen molar-refractivity contribution in [2.24, 2.45) is 5.41 Å². The van der Waals surface area contributed by atoms with Gasteiger partial charge in [0.1, 0.15) is 12.4 Å². The number of amides is 1. The van der Waals surface area contributed by atoms with Gasteiger partial charge < -0.3 is 10.1 Å². The van der Waals surface area contributed by atoms with Crippen LogP contribution in [-0.2, 0) is 4.79 Å². The number of rotatable bonds is 6. The van der Waals surface area contributed by atoms with Gasteiger partial charge in [0, 0.05) is 18.1 Å². The molecule has 0 fully saturated rings. The van der Waals surface area contributed by atoms with Gasteiger partial charge in [-0.2, -0.15) is 4.52 Å². The lowest BCUT2D eigenvalue weighted by atomic mass is 9.92. The zero-order valence-electron chi connectivity index (χ0n) is 15.6. The van der Waals surface area contributed by atoms with Gasteiger partial charge in [-0.15, -0.1) is 15.3 Å². The lowest BCUT2D eigenvalue weighted by molar-refractivity contribution is -0.122. The van der Waals surface area contributed by atoms with Crippen LogP contribution in [0.15, 0.2) is 36.4 Å². The Morgan fingerprint density at radius 3 is 2.59 bits per heavy atom. The highest BCUT2D eigenvalue weighted by Crippen LogP contribution is 2.19. The zero-order chi connectivity index (χ0) is 19.4. The minimum absolute atomic E-state index is 0.00748. The molecule has 0 atom stereocenters. The van der Waals surface area contributed by atoms with Crippen LogP contribution in [0.3, 0.4) is 0 Å². The molecule has 0 saturated carbocycles. The minimum atomic E-state index is -0.321. The zero-order valence-corrected chi connectivity index (χ0v) is 15.6. The second-order valence-corrected chi connectivity index (χ2v) is 7.41. The number of halogens is 1. The third-order valence-corrected chi connectivity index (χ3v) is 3.71. The molecule has 1 aromatic carbocycles. The summed E-state index contributed by atoms with van der Waals surface area (Å²) in [5.74, 6) is 0.551. The van der Waals surface area contributed by atoms with Gasteiger partial charge >= 0.3 is 0 Å². The van der Waals surface area contributed by atoms with E-state index >= 15 is 0 Å². The van der Waals surface area contributed by atoms with Crippen LogP contribution in [-0.4, -0.2) is 38.9 Å². The smallest absolute Gasteiger partial charge is 0.231 e. The molecule has 142 valence electrons. The molecule has 1 amide bonds. The Balaban J connectivity index is 1.64. The maximum atomic E-state index is 13.1. The largest absolute Gasteiger partial charge is 0.475 e. The number of carbonyl (C=O) groups excluding carboxylic acids is 1. The van der Waals surface area contributed by atoms with Gasteiger partial charge in [-0.1, -0.05) is 20.8 Å². The number of benzene rings is 1. The van der Waals surface area contributed by atoms with E-state index in [2.05, 4.69) is 20.6 Å². The third kappa shape index (κ3) is 4.99. The molecule has 0 saturated heterocycles. The van der Waals surface area contributed by atoms with Crippen molar-refractivity contribution in [2.45, 2.75) is 27.2 Å². The van der Waals surface area contributed by atoms with Crippen LogP contribution in [0, 0.1) is 11.2 Å². The van der Waals surface area contributed by atoms with E-state index in [1.165, 1.54) is 12.1 Å². The SMILES string of the molecule is CC(C)(C)CC(=O)NCCOc1ccc2nnc(-c3ccc(F)cc3)n2n1. The maximum absolute atomic E-state index is 13.1.